The number of rotatable bonds is 4. The third kappa shape index (κ3) is 4.10. The molecule has 0 saturated heterocycles. The first kappa shape index (κ1) is 19.7. The van der Waals surface area contributed by atoms with Crippen molar-refractivity contribution in [1.82, 2.24) is 10.2 Å². The Morgan fingerprint density at radius 1 is 0.857 bits per heavy atom. The van der Waals surface area contributed by atoms with E-state index < -0.39 is 35.1 Å². The molecular formula is C18H12F7N3. The van der Waals surface area contributed by atoms with Gasteiger partial charge in [0, 0.05) is 23.4 Å². The van der Waals surface area contributed by atoms with Crippen LogP contribution in [0, 0.1) is 5.82 Å². The number of hydrogen-bond donors (Lipinski definition) is 2. The molecule has 10 heteroatoms. The summed E-state index contributed by atoms with van der Waals surface area (Å²) in [5, 5.41) is 7.10. The molecule has 3 rings (SSSR count). The molecule has 0 radical (unpaired) electrons. The van der Waals surface area contributed by atoms with Crippen molar-refractivity contribution in [1.29, 1.82) is 0 Å². The highest BCUT2D eigenvalue weighted by atomic mass is 19.4. The third-order valence-electron chi connectivity index (χ3n) is 3.93. The SMILES string of the molecule is Fc1ccccc1CNc1ccc(-c2c(C(F)(F)F)n[nH]c2C(F)(F)F)cc1. The normalized spacial score (nSPS) is 12.2. The molecule has 0 fully saturated rings. The van der Waals surface area contributed by atoms with Crippen LogP contribution in [-0.4, -0.2) is 10.2 Å². The fourth-order valence-corrected chi connectivity index (χ4v) is 2.63. The average molecular weight is 403 g/mol. The van der Waals surface area contributed by atoms with Gasteiger partial charge in [0.1, 0.15) is 11.5 Å². The van der Waals surface area contributed by atoms with Gasteiger partial charge in [0.05, 0.1) is 0 Å². The van der Waals surface area contributed by atoms with Gasteiger partial charge >= 0.3 is 12.4 Å². The quantitative estimate of drug-likeness (QED) is 0.536. The summed E-state index contributed by atoms with van der Waals surface area (Å²) in [5.74, 6) is -0.436. The zero-order valence-electron chi connectivity index (χ0n) is 13.9. The molecule has 2 N–H and O–H groups in total. The molecule has 0 aliphatic carbocycles. The van der Waals surface area contributed by atoms with Gasteiger partial charge < -0.3 is 5.32 Å². The third-order valence-corrected chi connectivity index (χ3v) is 3.93. The number of nitrogens with zero attached hydrogens (tertiary/aromatic N) is 1. The number of benzene rings is 2. The average Bonchev–Trinajstić information content (AvgIpc) is 3.07. The summed E-state index contributed by atoms with van der Waals surface area (Å²) in [4.78, 5) is 0. The lowest BCUT2D eigenvalue weighted by molar-refractivity contribution is -0.142. The summed E-state index contributed by atoms with van der Waals surface area (Å²) in [5.41, 5.74) is -3.83. The highest BCUT2D eigenvalue weighted by Gasteiger charge is 2.44. The Kier molecular flexibility index (Phi) is 5.05. The molecule has 0 amide bonds. The fourth-order valence-electron chi connectivity index (χ4n) is 2.63. The Hall–Kier alpha value is -3.04. The lowest BCUT2D eigenvalue weighted by Crippen LogP contribution is -2.10. The molecular weight excluding hydrogens is 391 g/mol. The second-order valence-electron chi connectivity index (χ2n) is 5.84. The lowest BCUT2D eigenvalue weighted by atomic mass is 10.0. The molecule has 0 aliphatic heterocycles. The van der Waals surface area contributed by atoms with Gasteiger partial charge in [-0.3, -0.25) is 5.10 Å². The van der Waals surface area contributed by atoms with E-state index in [1.54, 1.807) is 12.1 Å². The molecule has 1 heterocycles. The minimum atomic E-state index is -5.06. The van der Waals surface area contributed by atoms with E-state index in [-0.39, 0.29) is 12.1 Å². The monoisotopic (exact) mass is 403 g/mol. The van der Waals surface area contributed by atoms with Gasteiger partial charge in [-0.2, -0.15) is 31.4 Å². The maximum atomic E-state index is 13.6. The first-order valence-electron chi connectivity index (χ1n) is 7.88. The number of hydrogen-bond acceptors (Lipinski definition) is 2. The zero-order chi connectivity index (χ0) is 20.5. The highest BCUT2D eigenvalue weighted by molar-refractivity contribution is 5.71. The number of anilines is 1. The Labute approximate surface area is 154 Å². The molecule has 148 valence electrons. The Morgan fingerprint density at radius 2 is 1.50 bits per heavy atom. The first-order valence-corrected chi connectivity index (χ1v) is 7.88. The van der Waals surface area contributed by atoms with Crippen LogP contribution in [0.2, 0.25) is 0 Å². The van der Waals surface area contributed by atoms with Crippen LogP contribution in [0.25, 0.3) is 11.1 Å². The lowest BCUT2D eigenvalue weighted by Gasteiger charge is -2.12. The summed E-state index contributed by atoms with van der Waals surface area (Å²) in [6.45, 7) is 0.0966. The molecule has 0 atom stereocenters. The molecule has 0 unspecified atom stereocenters. The second-order valence-corrected chi connectivity index (χ2v) is 5.84. The van der Waals surface area contributed by atoms with Gasteiger partial charge in [0.15, 0.2) is 5.69 Å². The van der Waals surface area contributed by atoms with E-state index in [4.69, 9.17) is 0 Å². The minimum absolute atomic E-state index is 0.0966. The van der Waals surface area contributed by atoms with Crippen LogP contribution < -0.4 is 5.32 Å². The van der Waals surface area contributed by atoms with E-state index in [2.05, 4.69) is 10.4 Å². The largest absolute Gasteiger partial charge is 0.435 e. The van der Waals surface area contributed by atoms with Crippen molar-refractivity contribution < 1.29 is 30.7 Å². The van der Waals surface area contributed by atoms with Crippen LogP contribution >= 0.6 is 0 Å². The van der Waals surface area contributed by atoms with Gasteiger partial charge in [-0.1, -0.05) is 30.3 Å². The Morgan fingerprint density at radius 3 is 2.07 bits per heavy atom. The van der Waals surface area contributed by atoms with Gasteiger partial charge in [0.2, 0.25) is 0 Å². The predicted molar refractivity (Wildman–Crippen MR) is 87.8 cm³/mol. The molecule has 3 aromatic rings. The van der Waals surface area contributed by atoms with Crippen LogP contribution in [0.15, 0.2) is 48.5 Å². The van der Waals surface area contributed by atoms with Crippen molar-refractivity contribution in [2.75, 3.05) is 5.32 Å². The highest BCUT2D eigenvalue weighted by Crippen LogP contribution is 2.43. The number of halogens is 7. The molecule has 28 heavy (non-hydrogen) atoms. The topological polar surface area (TPSA) is 40.7 Å². The summed E-state index contributed by atoms with van der Waals surface area (Å²) in [6, 6.07) is 10.8. The number of aromatic nitrogens is 2. The maximum Gasteiger partial charge on any atom is 0.435 e. The van der Waals surface area contributed by atoms with E-state index in [1.165, 1.54) is 29.4 Å². The Balaban J connectivity index is 1.89. The Bertz CT molecular complexity index is 925. The molecule has 1 aromatic heterocycles. The van der Waals surface area contributed by atoms with Crippen LogP contribution in [0.1, 0.15) is 17.0 Å². The van der Waals surface area contributed by atoms with E-state index in [0.717, 1.165) is 12.1 Å². The number of H-pyrrole nitrogens is 1. The number of alkyl halides is 6. The number of nitrogens with one attached hydrogen (secondary N) is 2. The first-order chi connectivity index (χ1) is 13.1. The smallest absolute Gasteiger partial charge is 0.381 e. The summed E-state index contributed by atoms with van der Waals surface area (Å²) in [7, 11) is 0. The van der Waals surface area contributed by atoms with E-state index >= 15 is 0 Å². The molecule has 0 bridgehead atoms. The van der Waals surface area contributed by atoms with Gasteiger partial charge in [-0.05, 0) is 23.8 Å². The molecule has 3 nitrogen and oxygen atoms in total. The second kappa shape index (κ2) is 7.17. The minimum Gasteiger partial charge on any atom is -0.381 e. The van der Waals surface area contributed by atoms with Crippen LogP contribution in [-0.2, 0) is 18.9 Å². The zero-order valence-corrected chi connectivity index (χ0v) is 13.9. The van der Waals surface area contributed by atoms with Gasteiger partial charge in [-0.25, -0.2) is 4.39 Å². The van der Waals surface area contributed by atoms with E-state index in [9.17, 15) is 30.7 Å². The molecule has 2 aromatic carbocycles. The van der Waals surface area contributed by atoms with E-state index in [1.807, 2.05) is 0 Å². The summed E-state index contributed by atoms with van der Waals surface area (Å²) < 4.78 is 92.0. The van der Waals surface area contributed by atoms with Crippen molar-refractivity contribution in [2.24, 2.45) is 0 Å². The van der Waals surface area contributed by atoms with E-state index in [0.29, 0.717) is 11.3 Å². The van der Waals surface area contributed by atoms with Crippen molar-refractivity contribution in [3.63, 3.8) is 0 Å². The molecule has 0 aliphatic rings. The molecule has 0 saturated carbocycles. The van der Waals surface area contributed by atoms with Gasteiger partial charge in [0.25, 0.3) is 0 Å². The van der Waals surface area contributed by atoms with Crippen molar-refractivity contribution in [2.45, 2.75) is 18.9 Å². The summed E-state index contributed by atoms with van der Waals surface area (Å²) in [6.07, 6.45) is -10.1. The van der Waals surface area contributed by atoms with Gasteiger partial charge in [-0.15, -0.1) is 0 Å². The number of aromatic amines is 1. The van der Waals surface area contributed by atoms with Crippen molar-refractivity contribution >= 4 is 5.69 Å². The molecule has 0 spiro atoms. The summed E-state index contributed by atoms with van der Waals surface area (Å²) >= 11 is 0. The van der Waals surface area contributed by atoms with Crippen molar-refractivity contribution in [3.05, 3.63) is 71.3 Å². The van der Waals surface area contributed by atoms with Crippen LogP contribution in [0.4, 0.5) is 36.4 Å². The standard InChI is InChI=1S/C18H12F7N3/c19-13-4-2-1-3-11(13)9-26-12-7-5-10(6-8-12)14-15(17(20,21)22)27-28-16(14)18(23,24)25/h1-8,26H,9H2,(H,27,28). The van der Waals surface area contributed by atoms with Crippen LogP contribution in [0.3, 0.4) is 0 Å². The van der Waals surface area contributed by atoms with Crippen LogP contribution in [0.5, 0.6) is 0 Å². The van der Waals surface area contributed by atoms with Crippen molar-refractivity contribution in [3.8, 4) is 11.1 Å². The predicted octanol–water partition coefficient (Wildman–Crippen LogP) is 5.87. The fraction of sp³-hybridized carbons (Fsp3) is 0.167. The maximum absolute atomic E-state index is 13.6.